The molecular weight excluding hydrogens is 229 g/mol. The van der Waals surface area contributed by atoms with Crippen LogP contribution >= 0.6 is 11.3 Å². The number of nitrogens with two attached hydrogens (primary N) is 1. The molecule has 0 aliphatic rings. The number of nitrogens with one attached hydrogen (secondary N) is 2. The number of thiazole rings is 1. The zero-order valence-corrected chi connectivity index (χ0v) is 9.10. The maximum Gasteiger partial charge on any atom is 0.304 e. The van der Waals surface area contributed by atoms with Gasteiger partial charge in [0.05, 0.1) is 17.9 Å². The van der Waals surface area contributed by atoms with Gasteiger partial charge >= 0.3 is 4.87 Å². The summed E-state index contributed by atoms with van der Waals surface area (Å²) in [6.07, 6.45) is 0. The minimum Gasteiger partial charge on any atom is -0.397 e. The summed E-state index contributed by atoms with van der Waals surface area (Å²) in [6.45, 7) is 0.409. The van der Waals surface area contributed by atoms with Crippen molar-refractivity contribution >= 4 is 22.7 Å². The molecule has 1 aromatic carbocycles. The van der Waals surface area contributed by atoms with Crippen LogP contribution in [0.5, 0.6) is 0 Å². The molecule has 2 aromatic rings. The second-order valence-corrected chi connectivity index (χ2v) is 4.10. The van der Waals surface area contributed by atoms with Crippen LogP contribution in [0.15, 0.2) is 28.4 Å². The predicted molar refractivity (Wildman–Crippen MR) is 63.1 cm³/mol. The zero-order chi connectivity index (χ0) is 11.5. The van der Waals surface area contributed by atoms with Crippen molar-refractivity contribution in [2.24, 2.45) is 0 Å². The number of H-pyrrole nitrogens is 1. The minimum atomic E-state index is -0.351. The molecule has 1 heterocycles. The van der Waals surface area contributed by atoms with E-state index in [4.69, 9.17) is 5.73 Å². The summed E-state index contributed by atoms with van der Waals surface area (Å²) in [5.41, 5.74) is 7.40. The highest BCUT2D eigenvalue weighted by atomic mass is 32.1. The Balaban J connectivity index is 2.10. The van der Waals surface area contributed by atoms with Gasteiger partial charge in [0, 0.05) is 11.1 Å². The van der Waals surface area contributed by atoms with Crippen molar-refractivity contribution in [3.8, 4) is 0 Å². The predicted octanol–water partition coefficient (Wildman–Crippen LogP) is 1.77. The summed E-state index contributed by atoms with van der Waals surface area (Å²) in [7, 11) is 0. The van der Waals surface area contributed by atoms with Gasteiger partial charge in [-0.3, -0.25) is 4.79 Å². The molecule has 4 N–H and O–H groups in total. The number of anilines is 2. The fraction of sp³-hybridized carbons (Fsp3) is 0.100. The van der Waals surface area contributed by atoms with Crippen LogP contribution in [-0.4, -0.2) is 4.98 Å². The first-order valence-electron chi connectivity index (χ1n) is 4.61. The SMILES string of the molecule is Nc1ccc(F)cc1NCc1csc(=O)[nH]1. The average Bonchev–Trinajstić information content (AvgIpc) is 2.66. The fourth-order valence-electron chi connectivity index (χ4n) is 1.27. The van der Waals surface area contributed by atoms with Crippen LogP contribution in [-0.2, 0) is 6.54 Å². The Morgan fingerprint density at radius 1 is 1.50 bits per heavy atom. The molecule has 0 fully saturated rings. The van der Waals surface area contributed by atoms with Crippen molar-refractivity contribution in [2.45, 2.75) is 6.54 Å². The number of benzene rings is 1. The van der Waals surface area contributed by atoms with Crippen molar-refractivity contribution < 1.29 is 4.39 Å². The quantitative estimate of drug-likeness (QED) is 0.715. The molecule has 6 heteroatoms. The number of halogens is 1. The second kappa shape index (κ2) is 4.36. The smallest absolute Gasteiger partial charge is 0.304 e. The molecule has 84 valence electrons. The largest absolute Gasteiger partial charge is 0.397 e. The Kier molecular flexibility index (Phi) is 2.91. The first kappa shape index (κ1) is 10.7. The summed E-state index contributed by atoms with van der Waals surface area (Å²) in [4.78, 5) is 13.4. The van der Waals surface area contributed by atoms with Gasteiger partial charge in [-0.05, 0) is 18.2 Å². The Bertz CT molecular complexity index is 549. The van der Waals surface area contributed by atoms with E-state index < -0.39 is 0 Å². The van der Waals surface area contributed by atoms with E-state index in [9.17, 15) is 9.18 Å². The lowest BCUT2D eigenvalue weighted by atomic mass is 10.2. The minimum absolute atomic E-state index is 0.107. The number of rotatable bonds is 3. The maximum atomic E-state index is 12.9. The molecule has 2 rings (SSSR count). The van der Waals surface area contributed by atoms with Crippen LogP contribution in [0.4, 0.5) is 15.8 Å². The summed E-state index contributed by atoms with van der Waals surface area (Å²) in [5, 5.41) is 4.67. The number of hydrogen-bond acceptors (Lipinski definition) is 4. The molecule has 0 amide bonds. The van der Waals surface area contributed by atoms with Crippen molar-refractivity contribution in [3.63, 3.8) is 0 Å². The lowest BCUT2D eigenvalue weighted by Crippen LogP contribution is -2.05. The van der Waals surface area contributed by atoms with E-state index >= 15 is 0 Å². The summed E-state index contributed by atoms with van der Waals surface area (Å²) < 4.78 is 12.9. The van der Waals surface area contributed by atoms with Gasteiger partial charge in [0.25, 0.3) is 0 Å². The molecule has 0 atom stereocenters. The Labute approximate surface area is 94.9 Å². The molecule has 4 nitrogen and oxygen atoms in total. The lowest BCUT2D eigenvalue weighted by Gasteiger charge is -2.07. The fourth-order valence-corrected chi connectivity index (χ4v) is 1.85. The number of hydrogen-bond donors (Lipinski definition) is 3. The van der Waals surface area contributed by atoms with Crippen molar-refractivity contribution in [1.82, 2.24) is 4.98 Å². The highest BCUT2D eigenvalue weighted by molar-refractivity contribution is 7.07. The first-order valence-corrected chi connectivity index (χ1v) is 5.49. The van der Waals surface area contributed by atoms with E-state index in [0.717, 1.165) is 17.0 Å². The molecule has 0 aliphatic heterocycles. The van der Waals surface area contributed by atoms with Crippen LogP contribution in [0, 0.1) is 5.82 Å². The standard InChI is InChI=1S/C10H10FN3OS/c11-6-1-2-8(12)9(3-6)13-4-7-5-16-10(15)14-7/h1-3,5,13H,4,12H2,(H,14,15). The van der Waals surface area contributed by atoms with Gasteiger partial charge in [0.2, 0.25) is 0 Å². The molecule has 0 unspecified atom stereocenters. The van der Waals surface area contributed by atoms with E-state index in [0.29, 0.717) is 17.9 Å². The maximum absolute atomic E-state index is 12.9. The Hall–Kier alpha value is -1.82. The number of aromatic amines is 1. The molecule has 16 heavy (non-hydrogen) atoms. The molecule has 0 saturated heterocycles. The van der Waals surface area contributed by atoms with Crippen molar-refractivity contribution in [2.75, 3.05) is 11.1 Å². The van der Waals surface area contributed by atoms with E-state index in [1.807, 2.05) is 0 Å². The number of nitrogen functional groups attached to an aromatic ring is 1. The molecule has 0 bridgehead atoms. The van der Waals surface area contributed by atoms with E-state index in [1.54, 1.807) is 5.38 Å². The summed E-state index contributed by atoms with van der Waals surface area (Å²) in [5.74, 6) is -0.351. The monoisotopic (exact) mass is 239 g/mol. The van der Waals surface area contributed by atoms with Gasteiger partial charge < -0.3 is 16.0 Å². The van der Waals surface area contributed by atoms with E-state index in [-0.39, 0.29) is 10.7 Å². The van der Waals surface area contributed by atoms with Crippen LogP contribution in [0.3, 0.4) is 0 Å². The molecule has 0 spiro atoms. The third-order valence-corrected chi connectivity index (χ3v) is 2.77. The highest BCUT2D eigenvalue weighted by Gasteiger charge is 2.01. The molecule has 0 aliphatic carbocycles. The van der Waals surface area contributed by atoms with Gasteiger partial charge in [-0.1, -0.05) is 11.3 Å². The van der Waals surface area contributed by atoms with Crippen LogP contribution < -0.4 is 15.9 Å². The second-order valence-electron chi connectivity index (χ2n) is 3.26. The van der Waals surface area contributed by atoms with Crippen LogP contribution in [0.2, 0.25) is 0 Å². The van der Waals surface area contributed by atoms with E-state index in [2.05, 4.69) is 10.3 Å². The van der Waals surface area contributed by atoms with Crippen molar-refractivity contribution in [1.29, 1.82) is 0 Å². The van der Waals surface area contributed by atoms with Gasteiger partial charge in [0.15, 0.2) is 0 Å². The lowest BCUT2D eigenvalue weighted by molar-refractivity contribution is 0.628. The third-order valence-electron chi connectivity index (χ3n) is 2.06. The summed E-state index contributed by atoms with van der Waals surface area (Å²) >= 11 is 1.09. The van der Waals surface area contributed by atoms with Gasteiger partial charge in [-0.2, -0.15) is 0 Å². The Morgan fingerprint density at radius 2 is 2.31 bits per heavy atom. The van der Waals surface area contributed by atoms with Gasteiger partial charge in [0.1, 0.15) is 5.82 Å². The average molecular weight is 239 g/mol. The summed E-state index contributed by atoms with van der Waals surface area (Å²) in [6, 6.07) is 4.11. The topological polar surface area (TPSA) is 70.9 Å². The van der Waals surface area contributed by atoms with Crippen molar-refractivity contribution in [3.05, 3.63) is 44.8 Å². The van der Waals surface area contributed by atoms with Gasteiger partial charge in [-0.15, -0.1) is 0 Å². The molecule has 1 aromatic heterocycles. The third kappa shape index (κ3) is 2.40. The zero-order valence-electron chi connectivity index (χ0n) is 8.29. The molecular formula is C10H10FN3OS. The van der Waals surface area contributed by atoms with Crippen LogP contribution in [0.1, 0.15) is 5.69 Å². The van der Waals surface area contributed by atoms with Crippen LogP contribution in [0.25, 0.3) is 0 Å². The number of aromatic nitrogens is 1. The van der Waals surface area contributed by atoms with E-state index in [1.165, 1.54) is 18.2 Å². The Morgan fingerprint density at radius 3 is 3.00 bits per heavy atom. The normalized spacial score (nSPS) is 10.3. The highest BCUT2D eigenvalue weighted by Crippen LogP contribution is 2.19. The first-order chi connectivity index (χ1) is 7.65. The molecule has 0 radical (unpaired) electrons. The molecule has 0 saturated carbocycles. The van der Waals surface area contributed by atoms with Gasteiger partial charge in [-0.25, -0.2) is 4.39 Å².